The second-order valence-corrected chi connectivity index (χ2v) is 6.22. The standard InChI is InChI=1S/C19H21N3O2.C2H6/c1-20-16-10-11-22-17-14(16)4-3-5-15(17)19(23)21-18(22)12-6-8-13(24-2)9-7-12;1-2/h3-9,16,18,20H,10-11H2,1-2H3,(H,21,23);1-2H3. The van der Waals surface area contributed by atoms with E-state index in [1.807, 2.05) is 57.3 Å². The van der Waals surface area contributed by atoms with Gasteiger partial charge in [-0.25, -0.2) is 0 Å². The topological polar surface area (TPSA) is 53.6 Å². The molecule has 0 bridgehead atoms. The Morgan fingerprint density at radius 2 is 1.88 bits per heavy atom. The van der Waals surface area contributed by atoms with E-state index in [-0.39, 0.29) is 12.1 Å². The van der Waals surface area contributed by atoms with Gasteiger partial charge in [0.25, 0.3) is 5.91 Å². The predicted molar refractivity (Wildman–Crippen MR) is 105 cm³/mol. The van der Waals surface area contributed by atoms with Gasteiger partial charge in [0, 0.05) is 12.6 Å². The Hall–Kier alpha value is -2.53. The summed E-state index contributed by atoms with van der Waals surface area (Å²) in [5.74, 6) is 0.802. The molecule has 2 aromatic carbocycles. The minimum atomic E-state index is -0.144. The quantitative estimate of drug-likeness (QED) is 0.885. The van der Waals surface area contributed by atoms with Crippen LogP contribution in [0.25, 0.3) is 0 Å². The Morgan fingerprint density at radius 1 is 1.15 bits per heavy atom. The summed E-state index contributed by atoms with van der Waals surface area (Å²) in [6.07, 6.45) is 0.866. The fourth-order valence-corrected chi connectivity index (χ4v) is 3.77. The van der Waals surface area contributed by atoms with Crippen molar-refractivity contribution < 1.29 is 9.53 Å². The lowest BCUT2D eigenvalue weighted by Gasteiger charge is -2.44. The molecule has 2 aromatic rings. The van der Waals surface area contributed by atoms with Gasteiger partial charge in [0.1, 0.15) is 11.9 Å². The van der Waals surface area contributed by atoms with Gasteiger partial charge < -0.3 is 20.3 Å². The Morgan fingerprint density at radius 3 is 2.54 bits per heavy atom. The highest BCUT2D eigenvalue weighted by molar-refractivity contribution is 6.03. The Bertz CT molecular complexity index is 773. The first-order valence-electron chi connectivity index (χ1n) is 9.24. The highest BCUT2D eigenvalue weighted by atomic mass is 16.5. The van der Waals surface area contributed by atoms with Crippen molar-refractivity contribution in [3.8, 4) is 5.75 Å². The minimum absolute atomic E-state index is 0.0133. The van der Waals surface area contributed by atoms with Crippen molar-refractivity contribution in [3.05, 3.63) is 59.2 Å². The third-order valence-corrected chi connectivity index (χ3v) is 4.99. The number of amides is 1. The van der Waals surface area contributed by atoms with Gasteiger partial charge in [-0.1, -0.05) is 38.1 Å². The predicted octanol–water partition coefficient (Wildman–Crippen LogP) is 3.63. The van der Waals surface area contributed by atoms with Crippen LogP contribution in [0.2, 0.25) is 0 Å². The molecule has 0 spiro atoms. The Labute approximate surface area is 155 Å². The second-order valence-electron chi connectivity index (χ2n) is 6.22. The van der Waals surface area contributed by atoms with E-state index in [0.29, 0.717) is 6.04 Å². The molecule has 0 saturated heterocycles. The Balaban J connectivity index is 0.000000948. The maximum absolute atomic E-state index is 12.6. The van der Waals surface area contributed by atoms with Crippen molar-refractivity contribution in [2.75, 3.05) is 25.6 Å². The molecular formula is C21H27N3O2. The number of methoxy groups -OCH3 is 1. The summed E-state index contributed by atoms with van der Waals surface area (Å²) in [6.45, 7) is 4.90. The highest BCUT2D eigenvalue weighted by Gasteiger charge is 2.37. The van der Waals surface area contributed by atoms with E-state index in [1.54, 1.807) is 7.11 Å². The number of hydrogen-bond donors (Lipinski definition) is 2. The van der Waals surface area contributed by atoms with Crippen LogP contribution >= 0.6 is 0 Å². The van der Waals surface area contributed by atoms with Crippen LogP contribution < -0.4 is 20.3 Å². The van der Waals surface area contributed by atoms with E-state index in [2.05, 4.69) is 21.6 Å². The van der Waals surface area contributed by atoms with Crippen molar-refractivity contribution in [3.63, 3.8) is 0 Å². The largest absolute Gasteiger partial charge is 0.497 e. The lowest BCUT2D eigenvalue weighted by molar-refractivity contribution is 0.0924. The summed E-state index contributed by atoms with van der Waals surface area (Å²) in [7, 11) is 3.63. The van der Waals surface area contributed by atoms with E-state index in [4.69, 9.17) is 4.74 Å². The molecule has 5 heteroatoms. The normalized spacial score (nSPS) is 20.5. The molecule has 2 N–H and O–H groups in total. The average molecular weight is 353 g/mol. The van der Waals surface area contributed by atoms with Crippen molar-refractivity contribution >= 4 is 11.6 Å². The number of rotatable bonds is 3. The van der Waals surface area contributed by atoms with Gasteiger partial charge in [-0.3, -0.25) is 4.79 Å². The summed E-state index contributed by atoms with van der Waals surface area (Å²) in [4.78, 5) is 14.9. The summed E-state index contributed by atoms with van der Waals surface area (Å²) in [6, 6.07) is 14.2. The number of hydrogen-bond acceptors (Lipinski definition) is 4. The average Bonchev–Trinajstić information content (AvgIpc) is 2.72. The first kappa shape index (κ1) is 18.3. The molecular weight excluding hydrogens is 326 g/mol. The van der Waals surface area contributed by atoms with Crippen LogP contribution in [-0.2, 0) is 0 Å². The number of nitrogens with one attached hydrogen (secondary N) is 2. The molecule has 0 saturated carbocycles. The summed E-state index contributed by atoms with van der Waals surface area (Å²) in [5.41, 5.74) is 4.09. The molecule has 0 radical (unpaired) electrons. The van der Waals surface area contributed by atoms with Crippen molar-refractivity contribution in [2.45, 2.75) is 32.5 Å². The lowest BCUT2D eigenvalue weighted by Crippen LogP contribution is -2.50. The number of para-hydroxylation sites is 1. The van der Waals surface area contributed by atoms with Crippen LogP contribution in [0.5, 0.6) is 5.75 Å². The van der Waals surface area contributed by atoms with Crippen molar-refractivity contribution in [2.24, 2.45) is 0 Å². The first-order chi connectivity index (χ1) is 12.7. The van der Waals surface area contributed by atoms with Crippen molar-refractivity contribution in [1.82, 2.24) is 10.6 Å². The van der Waals surface area contributed by atoms with Gasteiger partial charge in [0.2, 0.25) is 0 Å². The maximum Gasteiger partial charge on any atom is 0.255 e. The van der Waals surface area contributed by atoms with Gasteiger partial charge in [-0.05, 0) is 42.8 Å². The third kappa shape index (κ3) is 3.03. The highest BCUT2D eigenvalue weighted by Crippen LogP contribution is 2.42. The molecule has 26 heavy (non-hydrogen) atoms. The molecule has 4 rings (SSSR count). The molecule has 2 aliphatic heterocycles. The summed E-state index contributed by atoms with van der Waals surface area (Å²) >= 11 is 0. The molecule has 2 unspecified atom stereocenters. The molecule has 0 fully saturated rings. The molecule has 2 aliphatic rings. The van der Waals surface area contributed by atoms with Gasteiger partial charge in [-0.15, -0.1) is 0 Å². The number of carbonyl (C=O) groups excluding carboxylic acids is 1. The molecule has 2 atom stereocenters. The molecule has 5 nitrogen and oxygen atoms in total. The van der Waals surface area contributed by atoms with Crippen LogP contribution in [0.4, 0.5) is 5.69 Å². The fourth-order valence-electron chi connectivity index (χ4n) is 3.77. The lowest BCUT2D eigenvalue weighted by atomic mass is 9.90. The molecule has 138 valence electrons. The molecule has 1 amide bonds. The van der Waals surface area contributed by atoms with Crippen LogP contribution in [0.3, 0.4) is 0 Å². The van der Waals surface area contributed by atoms with Crippen LogP contribution in [0, 0.1) is 0 Å². The third-order valence-electron chi connectivity index (χ3n) is 4.99. The number of benzene rings is 2. The van der Waals surface area contributed by atoms with Crippen LogP contribution in [0.1, 0.15) is 54.0 Å². The zero-order valence-corrected chi connectivity index (χ0v) is 15.9. The Kier molecular flexibility index (Phi) is 5.47. The summed E-state index contributed by atoms with van der Waals surface area (Å²) in [5, 5.41) is 6.51. The van der Waals surface area contributed by atoms with E-state index in [0.717, 1.165) is 35.5 Å². The first-order valence-corrected chi connectivity index (χ1v) is 9.24. The van der Waals surface area contributed by atoms with Gasteiger partial charge >= 0.3 is 0 Å². The van der Waals surface area contributed by atoms with Gasteiger partial charge in [-0.2, -0.15) is 0 Å². The van der Waals surface area contributed by atoms with Crippen LogP contribution in [-0.4, -0.2) is 26.6 Å². The smallest absolute Gasteiger partial charge is 0.255 e. The number of ether oxygens (including phenoxy) is 1. The van der Waals surface area contributed by atoms with Gasteiger partial charge in [0.05, 0.1) is 18.4 Å². The number of carbonyl (C=O) groups is 1. The van der Waals surface area contributed by atoms with E-state index < -0.39 is 0 Å². The monoisotopic (exact) mass is 353 g/mol. The van der Waals surface area contributed by atoms with Crippen LogP contribution in [0.15, 0.2) is 42.5 Å². The van der Waals surface area contributed by atoms with E-state index >= 15 is 0 Å². The number of anilines is 1. The fraction of sp³-hybridized carbons (Fsp3) is 0.381. The van der Waals surface area contributed by atoms with Crippen molar-refractivity contribution in [1.29, 1.82) is 0 Å². The molecule has 0 aliphatic carbocycles. The van der Waals surface area contributed by atoms with E-state index in [9.17, 15) is 4.79 Å². The summed E-state index contributed by atoms with van der Waals surface area (Å²) < 4.78 is 5.24. The minimum Gasteiger partial charge on any atom is -0.497 e. The zero-order chi connectivity index (χ0) is 18.7. The molecule has 0 aromatic heterocycles. The van der Waals surface area contributed by atoms with Gasteiger partial charge in [0.15, 0.2) is 0 Å². The molecule has 2 heterocycles. The van der Waals surface area contributed by atoms with E-state index in [1.165, 1.54) is 5.56 Å². The number of nitrogens with zero attached hydrogens (tertiary/aromatic N) is 1. The zero-order valence-electron chi connectivity index (χ0n) is 15.9. The maximum atomic E-state index is 12.6. The SMILES string of the molecule is CC.CNC1CCN2c3c(cccc31)C(=O)NC2c1ccc(OC)cc1. The second kappa shape index (κ2) is 7.79.